The molecular formula is C18H21ClN4O3. The van der Waals surface area contributed by atoms with E-state index in [1.807, 2.05) is 32.0 Å². The molecule has 26 heavy (non-hydrogen) atoms. The summed E-state index contributed by atoms with van der Waals surface area (Å²) in [4.78, 5) is 19.2. The summed E-state index contributed by atoms with van der Waals surface area (Å²) in [5, 5.41) is 6.24. The van der Waals surface area contributed by atoms with Gasteiger partial charge in [-0.1, -0.05) is 17.7 Å². The molecule has 0 bridgehead atoms. The van der Waals surface area contributed by atoms with E-state index in [2.05, 4.69) is 20.6 Å². The second-order valence-electron chi connectivity index (χ2n) is 6.62. The van der Waals surface area contributed by atoms with Crippen molar-refractivity contribution in [2.45, 2.75) is 25.6 Å². The van der Waals surface area contributed by atoms with Crippen molar-refractivity contribution in [2.75, 3.05) is 30.4 Å². The third kappa shape index (κ3) is 4.69. The molecule has 0 spiro atoms. The zero-order chi connectivity index (χ0) is 18.6. The van der Waals surface area contributed by atoms with E-state index in [0.717, 1.165) is 0 Å². The van der Waals surface area contributed by atoms with E-state index in [4.69, 9.17) is 21.1 Å². The minimum atomic E-state index is -0.285. The standard InChI is InChI=1S/C18H21ClN4O3/c1-18(2)10-25-9-12(26-18)7-20-16-5-3-4-15(23-16)13-6-17(22-11-24)21-8-14(13)19/h3-6,8,11-12H,7,9-10H2,1-2H3,(H,20,23)(H,21,22,24). The number of pyridine rings is 2. The summed E-state index contributed by atoms with van der Waals surface area (Å²) in [6.07, 6.45) is 2.01. The molecule has 2 N–H and O–H groups in total. The van der Waals surface area contributed by atoms with Gasteiger partial charge in [-0.2, -0.15) is 0 Å². The van der Waals surface area contributed by atoms with Crippen molar-refractivity contribution < 1.29 is 14.3 Å². The van der Waals surface area contributed by atoms with Gasteiger partial charge < -0.3 is 20.1 Å². The molecule has 1 amide bonds. The van der Waals surface area contributed by atoms with E-state index < -0.39 is 0 Å². The number of halogens is 1. The molecule has 1 aliphatic heterocycles. The summed E-state index contributed by atoms with van der Waals surface area (Å²) in [5.41, 5.74) is 1.08. The van der Waals surface area contributed by atoms with Crippen molar-refractivity contribution in [1.82, 2.24) is 9.97 Å². The number of rotatable bonds is 6. The highest BCUT2D eigenvalue weighted by Crippen LogP contribution is 2.28. The van der Waals surface area contributed by atoms with E-state index in [-0.39, 0.29) is 11.7 Å². The molecule has 0 aliphatic carbocycles. The number of carbonyl (C=O) groups excluding carboxylic acids is 1. The van der Waals surface area contributed by atoms with Crippen LogP contribution in [0.2, 0.25) is 5.02 Å². The molecule has 1 saturated heterocycles. The predicted octanol–water partition coefficient (Wildman–Crippen LogP) is 2.97. The Bertz CT molecular complexity index is 785. The number of amides is 1. The minimum Gasteiger partial charge on any atom is -0.376 e. The van der Waals surface area contributed by atoms with Gasteiger partial charge in [0.2, 0.25) is 6.41 Å². The summed E-state index contributed by atoms with van der Waals surface area (Å²) in [7, 11) is 0. The van der Waals surface area contributed by atoms with Crippen LogP contribution in [0.4, 0.5) is 11.6 Å². The van der Waals surface area contributed by atoms with E-state index in [0.29, 0.717) is 54.1 Å². The number of nitrogens with zero attached hydrogens (tertiary/aromatic N) is 2. The Morgan fingerprint density at radius 1 is 1.38 bits per heavy atom. The third-order valence-electron chi connectivity index (χ3n) is 3.84. The molecule has 7 nitrogen and oxygen atoms in total. The van der Waals surface area contributed by atoms with E-state index in [9.17, 15) is 4.79 Å². The highest BCUT2D eigenvalue weighted by atomic mass is 35.5. The number of nitrogens with one attached hydrogen (secondary N) is 2. The van der Waals surface area contributed by atoms with Crippen LogP contribution in [0.25, 0.3) is 11.3 Å². The van der Waals surface area contributed by atoms with Gasteiger partial charge in [-0.15, -0.1) is 0 Å². The van der Waals surface area contributed by atoms with Crippen LogP contribution in [0, 0.1) is 0 Å². The van der Waals surface area contributed by atoms with Crippen molar-refractivity contribution in [1.29, 1.82) is 0 Å². The fourth-order valence-corrected chi connectivity index (χ4v) is 2.93. The molecule has 1 fully saturated rings. The van der Waals surface area contributed by atoms with Crippen molar-refractivity contribution in [3.8, 4) is 11.3 Å². The quantitative estimate of drug-likeness (QED) is 0.754. The molecule has 0 saturated carbocycles. The molecule has 8 heteroatoms. The first kappa shape index (κ1) is 18.6. The molecular weight excluding hydrogens is 356 g/mol. The van der Waals surface area contributed by atoms with Crippen LogP contribution in [0.3, 0.4) is 0 Å². The van der Waals surface area contributed by atoms with E-state index >= 15 is 0 Å². The smallest absolute Gasteiger partial charge is 0.212 e. The summed E-state index contributed by atoms with van der Waals surface area (Å²) in [6, 6.07) is 7.29. The average Bonchev–Trinajstić information content (AvgIpc) is 2.61. The monoisotopic (exact) mass is 376 g/mol. The SMILES string of the molecule is CC1(C)COCC(CNc2cccc(-c3cc(NC=O)ncc3Cl)n2)O1. The zero-order valence-corrected chi connectivity index (χ0v) is 15.4. The lowest BCUT2D eigenvalue weighted by Gasteiger charge is -2.36. The summed E-state index contributed by atoms with van der Waals surface area (Å²) in [5.74, 6) is 1.11. The van der Waals surface area contributed by atoms with Crippen LogP contribution < -0.4 is 10.6 Å². The molecule has 3 heterocycles. The maximum Gasteiger partial charge on any atom is 0.212 e. The van der Waals surface area contributed by atoms with Gasteiger partial charge in [0.1, 0.15) is 11.6 Å². The average molecular weight is 377 g/mol. The molecule has 0 radical (unpaired) electrons. The zero-order valence-electron chi connectivity index (χ0n) is 14.7. The second-order valence-corrected chi connectivity index (χ2v) is 7.02. The Hall–Kier alpha value is -2.22. The number of anilines is 2. The maximum absolute atomic E-state index is 10.6. The summed E-state index contributed by atoms with van der Waals surface area (Å²) >= 11 is 6.24. The Balaban J connectivity index is 1.72. The van der Waals surface area contributed by atoms with Gasteiger partial charge in [-0.05, 0) is 32.0 Å². The van der Waals surface area contributed by atoms with Crippen LogP contribution >= 0.6 is 11.6 Å². The topological polar surface area (TPSA) is 85.4 Å². The molecule has 3 rings (SSSR count). The van der Waals surface area contributed by atoms with Crippen LogP contribution in [-0.2, 0) is 14.3 Å². The molecule has 2 aromatic rings. The van der Waals surface area contributed by atoms with Crippen LogP contribution in [0.1, 0.15) is 13.8 Å². The number of hydrogen-bond donors (Lipinski definition) is 2. The number of hydrogen-bond acceptors (Lipinski definition) is 6. The highest BCUT2D eigenvalue weighted by molar-refractivity contribution is 6.33. The van der Waals surface area contributed by atoms with Crippen LogP contribution in [-0.4, -0.2) is 47.8 Å². The van der Waals surface area contributed by atoms with Crippen LogP contribution in [0.15, 0.2) is 30.5 Å². The lowest BCUT2D eigenvalue weighted by Crippen LogP contribution is -2.45. The third-order valence-corrected chi connectivity index (χ3v) is 4.14. The first-order valence-corrected chi connectivity index (χ1v) is 8.67. The Morgan fingerprint density at radius 3 is 3.00 bits per heavy atom. The second kappa shape index (κ2) is 7.99. The lowest BCUT2D eigenvalue weighted by atomic mass is 10.1. The van der Waals surface area contributed by atoms with E-state index in [1.54, 1.807) is 6.07 Å². The van der Waals surface area contributed by atoms with Crippen molar-refractivity contribution >= 4 is 29.6 Å². The first-order chi connectivity index (χ1) is 12.5. The molecule has 1 atom stereocenters. The first-order valence-electron chi connectivity index (χ1n) is 8.29. The lowest BCUT2D eigenvalue weighted by molar-refractivity contribution is -0.177. The normalized spacial score (nSPS) is 19.0. The van der Waals surface area contributed by atoms with Crippen LogP contribution in [0.5, 0.6) is 0 Å². The predicted molar refractivity (Wildman–Crippen MR) is 100 cm³/mol. The highest BCUT2D eigenvalue weighted by Gasteiger charge is 2.29. The van der Waals surface area contributed by atoms with Crippen molar-refractivity contribution in [2.24, 2.45) is 0 Å². The largest absolute Gasteiger partial charge is 0.376 e. The van der Waals surface area contributed by atoms with Gasteiger partial charge in [0.05, 0.1) is 35.6 Å². The minimum absolute atomic E-state index is 0.0443. The van der Waals surface area contributed by atoms with E-state index in [1.165, 1.54) is 6.20 Å². The maximum atomic E-state index is 10.6. The number of aromatic nitrogens is 2. The molecule has 0 aromatic carbocycles. The Kier molecular flexibility index (Phi) is 5.70. The molecule has 138 valence electrons. The fraction of sp³-hybridized carbons (Fsp3) is 0.389. The van der Waals surface area contributed by atoms with Gasteiger partial charge in [0.25, 0.3) is 0 Å². The van der Waals surface area contributed by atoms with Gasteiger partial charge in [0.15, 0.2) is 0 Å². The Labute approximate surface area is 157 Å². The van der Waals surface area contributed by atoms with Crippen molar-refractivity contribution in [3.05, 3.63) is 35.5 Å². The van der Waals surface area contributed by atoms with Gasteiger partial charge in [0, 0.05) is 18.3 Å². The van der Waals surface area contributed by atoms with Gasteiger partial charge in [-0.3, -0.25) is 4.79 Å². The van der Waals surface area contributed by atoms with Gasteiger partial charge in [-0.25, -0.2) is 9.97 Å². The molecule has 2 aromatic heterocycles. The number of ether oxygens (including phenoxy) is 2. The van der Waals surface area contributed by atoms with Crippen molar-refractivity contribution in [3.63, 3.8) is 0 Å². The Morgan fingerprint density at radius 2 is 2.23 bits per heavy atom. The molecule has 1 unspecified atom stereocenters. The molecule has 1 aliphatic rings. The fourth-order valence-electron chi connectivity index (χ4n) is 2.73. The summed E-state index contributed by atoms with van der Waals surface area (Å²) < 4.78 is 11.6. The summed E-state index contributed by atoms with van der Waals surface area (Å²) in [6.45, 7) is 5.74. The number of carbonyl (C=O) groups is 1. The van der Waals surface area contributed by atoms with Gasteiger partial charge >= 0.3 is 0 Å².